The predicted octanol–water partition coefficient (Wildman–Crippen LogP) is 2.86. The van der Waals surface area contributed by atoms with Crippen molar-refractivity contribution in [3.63, 3.8) is 0 Å². The van der Waals surface area contributed by atoms with Gasteiger partial charge >= 0.3 is 5.97 Å². The average molecular weight is 234 g/mol. The number of methoxy groups -OCH3 is 1. The van der Waals surface area contributed by atoms with Crippen LogP contribution in [0.1, 0.15) is 47.7 Å². The van der Waals surface area contributed by atoms with Gasteiger partial charge in [0, 0.05) is 12.3 Å². The zero-order valence-electron chi connectivity index (χ0n) is 10.7. The van der Waals surface area contributed by atoms with Crippen molar-refractivity contribution in [1.29, 1.82) is 0 Å². The van der Waals surface area contributed by atoms with Gasteiger partial charge in [-0.15, -0.1) is 0 Å². The lowest BCUT2D eigenvalue weighted by atomic mass is 9.92. The van der Waals surface area contributed by atoms with Crippen molar-refractivity contribution in [2.75, 3.05) is 7.11 Å². The maximum absolute atomic E-state index is 11.6. The first-order valence-corrected chi connectivity index (χ1v) is 5.72. The van der Waals surface area contributed by atoms with Crippen molar-refractivity contribution in [3.05, 3.63) is 34.9 Å². The summed E-state index contributed by atoms with van der Waals surface area (Å²) < 4.78 is 4.71. The molecule has 3 heteroatoms. The highest BCUT2D eigenvalue weighted by Crippen LogP contribution is 2.21. The molecule has 1 aromatic carbocycles. The van der Waals surface area contributed by atoms with Crippen molar-refractivity contribution in [1.82, 2.24) is 0 Å². The number of rotatable bonds is 4. The van der Waals surface area contributed by atoms with Crippen molar-refractivity contribution in [3.8, 4) is 0 Å². The third-order valence-corrected chi connectivity index (χ3v) is 3.00. The number of Topliss-reactive ketones (excluding diaryl/α,β-unsaturated/α-hetero) is 1. The van der Waals surface area contributed by atoms with Crippen LogP contribution in [-0.2, 0) is 9.53 Å². The molecule has 0 aliphatic rings. The fourth-order valence-corrected chi connectivity index (χ4v) is 1.73. The first-order valence-electron chi connectivity index (χ1n) is 5.72. The standard InChI is InChI=1S/C14H18O3/c1-5-13(15)10(3)11-7-6-9(2)12(8-11)14(16)17-4/h6-8,10H,5H2,1-4H3. The Balaban J connectivity index is 3.12. The largest absolute Gasteiger partial charge is 0.465 e. The van der Waals surface area contributed by atoms with E-state index in [1.165, 1.54) is 7.11 Å². The minimum Gasteiger partial charge on any atom is -0.465 e. The summed E-state index contributed by atoms with van der Waals surface area (Å²) in [6.07, 6.45) is 0.503. The van der Waals surface area contributed by atoms with Crippen LogP contribution in [0.5, 0.6) is 0 Å². The van der Waals surface area contributed by atoms with Gasteiger partial charge in [-0.05, 0) is 24.1 Å². The van der Waals surface area contributed by atoms with Crippen LogP contribution in [-0.4, -0.2) is 18.9 Å². The molecule has 17 heavy (non-hydrogen) atoms. The Kier molecular flexibility index (Phi) is 4.44. The van der Waals surface area contributed by atoms with Gasteiger partial charge in [0.2, 0.25) is 0 Å². The third-order valence-electron chi connectivity index (χ3n) is 3.00. The Morgan fingerprint density at radius 2 is 2.00 bits per heavy atom. The van der Waals surface area contributed by atoms with Crippen molar-refractivity contribution >= 4 is 11.8 Å². The Hall–Kier alpha value is -1.64. The molecule has 0 spiro atoms. The second kappa shape index (κ2) is 5.62. The van der Waals surface area contributed by atoms with Gasteiger partial charge in [-0.1, -0.05) is 26.0 Å². The summed E-state index contributed by atoms with van der Waals surface area (Å²) in [5, 5.41) is 0. The molecular weight excluding hydrogens is 216 g/mol. The zero-order chi connectivity index (χ0) is 13.0. The molecule has 0 amide bonds. The molecule has 0 aliphatic heterocycles. The monoisotopic (exact) mass is 234 g/mol. The lowest BCUT2D eigenvalue weighted by Crippen LogP contribution is -2.10. The van der Waals surface area contributed by atoms with E-state index >= 15 is 0 Å². The van der Waals surface area contributed by atoms with Gasteiger partial charge in [0.1, 0.15) is 5.78 Å². The van der Waals surface area contributed by atoms with Crippen molar-refractivity contribution in [2.24, 2.45) is 0 Å². The summed E-state index contributed by atoms with van der Waals surface area (Å²) in [4.78, 5) is 23.2. The molecule has 1 aromatic rings. The van der Waals surface area contributed by atoms with Gasteiger partial charge < -0.3 is 4.74 Å². The second-order valence-corrected chi connectivity index (χ2v) is 4.11. The van der Waals surface area contributed by atoms with E-state index < -0.39 is 0 Å². The Bertz CT molecular complexity index is 435. The van der Waals surface area contributed by atoms with Gasteiger partial charge in [-0.25, -0.2) is 4.79 Å². The van der Waals surface area contributed by atoms with E-state index in [0.717, 1.165) is 11.1 Å². The molecule has 3 nitrogen and oxygen atoms in total. The quantitative estimate of drug-likeness (QED) is 0.752. The van der Waals surface area contributed by atoms with E-state index in [1.54, 1.807) is 6.07 Å². The highest BCUT2D eigenvalue weighted by Gasteiger charge is 2.16. The minimum absolute atomic E-state index is 0.171. The van der Waals surface area contributed by atoms with Crippen LogP contribution in [0.25, 0.3) is 0 Å². The smallest absolute Gasteiger partial charge is 0.338 e. The number of benzene rings is 1. The second-order valence-electron chi connectivity index (χ2n) is 4.11. The highest BCUT2D eigenvalue weighted by atomic mass is 16.5. The van der Waals surface area contributed by atoms with Gasteiger partial charge in [0.05, 0.1) is 12.7 Å². The Morgan fingerprint density at radius 1 is 1.35 bits per heavy atom. The van der Waals surface area contributed by atoms with Crippen LogP contribution in [0.2, 0.25) is 0 Å². The number of aryl methyl sites for hydroxylation is 1. The van der Waals surface area contributed by atoms with Gasteiger partial charge in [-0.3, -0.25) is 4.79 Å². The van der Waals surface area contributed by atoms with Crippen LogP contribution in [0.4, 0.5) is 0 Å². The zero-order valence-corrected chi connectivity index (χ0v) is 10.7. The molecule has 0 aromatic heterocycles. The summed E-state index contributed by atoms with van der Waals surface area (Å²) in [5.41, 5.74) is 2.25. The number of ketones is 1. The summed E-state index contributed by atoms with van der Waals surface area (Å²) >= 11 is 0. The fourth-order valence-electron chi connectivity index (χ4n) is 1.73. The van der Waals surface area contributed by atoms with Crippen LogP contribution in [0, 0.1) is 6.92 Å². The lowest BCUT2D eigenvalue weighted by molar-refractivity contribution is -0.119. The summed E-state index contributed by atoms with van der Waals surface area (Å²) in [6.45, 7) is 5.55. The Morgan fingerprint density at radius 3 is 2.53 bits per heavy atom. The van der Waals surface area contributed by atoms with E-state index in [0.29, 0.717) is 12.0 Å². The maximum atomic E-state index is 11.6. The minimum atomic E-state index is -0.361. The molecule has 1 unspecified atom stereocenters. The van der Waals surface area contributed by atoms with Crippen molar-refractivity contribution in [2.45, 2.75) is 33.1 Å². The molecule has 92 valence electrons. The molecule has 0 heterocycles. The molecule has 0 N–H and O–H groups in total. The molecule has 0 bridgehead atoms. The van der Waals surface area contributed by atoms with Gasteiger partial charge in [0.25, 0.3) is 0 Å². The van der Waals surface area contributed by atoms with Gasteiger partial charge in [0.15, 0.2) is 0 Å². The molecule has 1 atom stereocenters. The number of hydrogen-bond donors (Lipinski definition) is 0. The number of carbonyl (C=O) groups is 2. The molecule has 1 rings (SSSR count). The fraction of sp³-hybridized carbons (Fsp3) is 0.429. The molecule has 0 saturated carbocycles. The van der Waals surface area contributed by atoms with Crippen LogP contribution < -0.4 is 0 Å². The normalized spacial score (nSPS) is 12.0. The number of ether oxygens (including phenoxy) is 1. The highest BCUT2D eigenvalue weighted by molar-refractivity contribution is 5.92. The van der Waals surface area contributed by atoms with Crippen LogP contribution in [0.3, 0.4) is 0 Å². The van der Waals surface area contributed by atoms with Crippen LogP contribution >= 0.6 is 0 Å². The van der Waals surface area contributed by atoms with E-state index in [-0.39, 0.29) is 17.7 Å². The van der Waals surface area contributed by atoms with Crippen molar-refractivity contribution < 1.29 is 14.3 Å². The molecule has 0 saturated heterocycles. The van der Waals surface area contributed by atoms with E-state index in [9.17, 15) is 9.59 Å². The van der Waals surface area contributed by atoms with Gasteiger partial charge in [-0.2, -0.15) is 0 Å². The molecule has 0 aliphatic carbocycles. The molecule has 0 radical (unpaired) electrons. The third kappa shape index (κ3) is 2.93. The Labute approximate surface area is 102 Å². The topological polar surface area (TPSA) is 43.4 Å². The van der Waals surface area contributed by atoms with E-state index in [2.05, 4.69) is 0 Å². The molecule has 0 fully saturated rings. The SMILES string of the molecule is CCC(=O)C(C)c1ccc(C)c(C(=O)OC)c1. The van der Waals surface area contributed by atoms with Crippen LogP contribution in [0.15, 0.2) is 18.2 Å². The predicted molar refractivity (Wildman–Crippen MR) is 66.2 cm³/mol. The van der Waals surface area contributed by atoms with E-state index in [1.807, 2.05) is 32.9 Å². The lowest BCUT2D eigenvalue weighted by Gasteiger charge is -2.12. The number of hydrogen-bond acceptors (Lipinski definition) is 3. The van der Waals surface area contributed by atoms with E-state index in [4.69, 9.17) is 4.74 Å². The number of esters is 1. The summed E-state index contributed by atoms with van der Waals surface area (Å²) in [5.74, 6) is -0.367. The summed E-state index contributed by atoms with van der Waals surface area (Å²) in [7, 11) is 1.36. The first kappa shape index (κ1) is 13.4. The number of carbonyl (C=O) groups excluding carboxylic acids is 2. The average Bonchev–Trinajstić information content (AvgIpc) is 2.36. The maximum Gasteiger partial charge on any atom is 0.338 e. The summed E-state index contributed by atoms with van der Waals surface area (Å²) in [6, 6.07) is 5.49. The molecular formula is C14H18O3. The first-order chi connectivity index (χ1) is 8.01.